The fraction of sp³-hybridized carbons (Fsp3) is 0.500. The van der Waals surface area contributed by atoms with E-state index in [1.54, 1.807) is 0 Å². The van der Waals surface area contributed by atoms with Crippen molar-refractivity contribution in [1.29, 1.82) is 0 Å². The van der Waals surface area contributed by atoms with Gasteiger partial charge in [0, 0.05) is 5.54 Å². The molecule has 1 saturated carbocycles. The Balaban J connectivity index is 2.17. The zero-order chi connectivity index (χ0) is 9.47. The number of rotatable bonds is 2. The average Bonchev–Trinajstić information content (AvgIpc) is 2.76. The standard InChI is InChI=1S/C12H17N/c1-9-3-4-11(7-10(9)2)8-12(13)5-6-12/h3-4,7H,5-6,8,13H2,1-2H3. The van der Waals surface area contributed by atoms with Crippen LogP contribution in [0.4, 0.5) is 0 Å². The van der Waals surface area contributed by atoms with E-state index in [2.05, 4.69) is 32.0 Å². The van der Waals surface area contributed by atoms with E-state index in [0.29, 0.717) is 0 Å². The third-order valence-electron chi connectivity index (χ3n) is 3.02. The number of aryl methyl sites for hydroxylation is 2. The van der Waals surface area contributed by atoms with Crippen LogP contribution in [0.15, 0.2) is 18.2 Å². The van der Waals surface area contributed by atoms with Crippen LogP contribution in [0.3, 0.4) is 0 Å². The van der Waals surface area contributed by atoms with Crippen LogP contribution in [0, 0.1) is 13.8 Å². The Kier molecular flexibility index (Phi) is 1.92. The van der Waals surface area contributed by atoms with E-state index in [-0.39, 0.29) is 5.54 Å². The number of hydrogen-bond acceptors (Lipinski definition) is 1. The summed E-state index contributed by atoms with van der Waals surface area (Å²) in [6.45, 7) is 4.31. The molecule has 0 aliphatic heterocycles. The molecule has 13 heavy (non-hydrogen) atoms. The van der Waals surface area contributed by atoms with Crippen molar-refractivity contribution >= 4 is 0 Å². The monoisotopic (exact) mass is 175 g/mol. The second-order valence-corrected chi connectivity index (χ2v) is 4.46. The topological polar surface area (TPSA) is 26.0 Å². The van der Waals surface area contributed by atoms with Gasteiger partial charge in [0.1, 0.15) is 0 Å². The lowest BCUT2D eigenvalue weighted by molar-refractivity contribution is 0.672. The van der Waals surface area contributed by atoms with Crippen LogP contribution in [0.1, 0.15) is 29.5 Å². The van der Waals surface area contributed by atoms with Gasteiger partial charge in [-0.15, -0.1) is 0 Å². The molecule has 1 nitrogen and oxygen atoms in total. The third kappa shape index (κ3) is 1.92. The Hall–Kier alpha value is -0.820. The van der Waals surface area contributed by atoms with Crippen molar-refractivity contribution in [3.8, 4) is 0 Å². The van der Waals surface area contributed by atoms with Gasteiger partial charge < -0.3 is 5.73 Å². The van der Waals surface area contributed by atoms with Gasteiger partial charge in [-0.1, -0.05) is 18.2 Å². The van der Waals surface area contributed by atoms with Gasteiger partial charge in [0.2, 0.25) is 0 Å². The maximum absolute atomic E-state index is 6.07. The lowest BCUT2D eigenvalue weighted by atomic mass is 10.0. The normalized spacial score (nSPS) is 18.7. The third-order valence-corrected chi connectivity index (χ3v) is 3.02. The first kappa shape index (κ1) is 8.76. The number of hydrogen-bond donors (Lipinski definition) is 1. The molecule has 70 valence electrons. The summed E-state index contributed by atoms with van der Waals surface area (Å²) in [4.78, 5) is 0. The van der Waals surface area contributed by atoms with Crippen molar-refractivity contribution in [3.63, 3.8) is 0 Å². The highest BCUT2D eigenvalue weighted by molar-refractivity contribution is 5.31. The van der Waals surface area contributed by atoms with E-state index in [1.807, 2.05) is 0 Å². The highest BCUT2D eigenvalue weighted by Crippen LogP contribution is 2.35. The molecule has 1 aliphatic rings. The molecule has 0 aromatic heterocycles. The summed E-state index contributed by atoms with van der Waals surface area (Å²) in [5, 5.41) is 0. The lowest BCUT2D eigenvalue weighted by Crippen LogP contribution is -2.24. The molecular formula is C12H17N. The summed E-state index contributed by atoms with van der Waals surface area (Å²) in [5.74, 6) is 0. The van der Waals surface area contributed by atoms with Gasteiger partial charge in [-0.2, -0.15) is 0 Å². The van der Waals surface area contributed by atoms with E-state index >= 15 is 0 Å². The molecule has 0 heterocycles. The van der Waals surface area contributed by atoms with Crippen LogP contribution in [0.25, 0.3) is 0 Å². The predicted octanol–water partition coefficient (Wildman–Crippen LogP) is 2.34. The van der Waals surface area contributed by atoms with Gasteiger partial charge in [-0.05, 0) is 49.8 Å². The molecule has 0 spiro atoms. The Labute approximate surface area is 80.0 Å². The summed E-state index contributed by atoms with van der Waals surface area (Å²) in [6.07, 6.45) is 3.44. The highest BCUT2D eigenvalue weighted by atomic mass is 14.8. The molecule has 0 amide bonds. The largest absolute Gasteiger partial charge is 0.325 e. The fourth-order valence-corrected chi connectivity index (χ4v) is 1.66. The molecule has 0 atom stereocenters. The summed E-state index contributed by atoms with van der Waals surface area (Å²) in [7, 11) is 0. The van der Waals surface area contributed by atoms with Gasteiger partial charge in [0.05, 0.1) is 0 Å². The van der Waals surface area contributed by atoms with Crippen molar-refractivity contribution in [2.24, 2.45) is 5.73 Å². The maximum atomic E-state index is 6.07. The van der Waals surface area contributed by atoms with Gasteiger partial charge in [-0.25, -0.2) is 0 Å². The molecule has 0 bridgehead atoms. The van der Waals surface area contributed by atoms with Crippen LogP contribution in [0.2, 0.25) is 0 Å². The van der Waals surface area contributed by atoms with Crippen molar-refractivity contribution in [2.45, 2.75) is 38.6 Å². The van der Waals surface area contributed by atoms with Gasteiger partial charge in [0.25, 0.3) is 0 Å². The molecular weight excluding hydrogens is 158 g/mol. The first-order valence-corrected chi connectivity index (χ1v) is 4.94. The molecule has 0 unspecified atom stereocenters. The molecule has 0 radical (unpaired) electrons. The average molecular weight is 175 g/mol. The molecule has 1 aromatic rings. The fourth-order valence-electron chi connectivity index (χ4n) is 1.66. The van der Waals surface area contributed by atoms with E-state index in [0.717, 1.165) is 6.42 Å². The van der Waals surface area contributed by atoms with Gasteiger partial charge in [0.15, 0.2) is 0 Å². The number of nitrogens with two attached hydrogens (primary N) is 1. The van der Waals surface area contributed by atoms with E-state index in [9.17, 15) is 0 Å². The minimum absolute atomic E-state index is 0.141. The van der Waals surface area contributed by atoms with Crippen molar-refractivity contribution < 1.29 is 0 Å². The molecule has 0 saturated heterocycles. The second-order valence-electron chi connectivity index (χ2n) is 4.46. The lowest BCUT2D eigenvalue weighted by Gasteiger charge is -2.09. The quantitative estimate of drug-likeness (QED) is 0.733. The van der Waals surface area contributed by atoms with Crippen LogP contribution in [-0.2, 0) is 6.42 Å². The van der Waals surface area contributed by atoms with Crippen molar-refractivity contribution in [2.75, 3.05) is 0 Å². The SMILES string of the molecule is Cc1ccc(CC2(N)CC2)cc1C. The van der Waals surface area contributed by atoms with E-state index < -0.39 is 0 Å². The Morgan fingerprint density at radius 1 is 1.23 bits per heavy atom. The minimum Gasteiger partial charge on any atom is -0.325 e. The zero-order valence-electron chi connectivity index (χ0n) is 8.43. The maximum Gasteiger partial charge on any atom is 0.0196 e. The van der Waals surface area contributed by atoms with Crippen molar-refractivity contribution in [3.05, 3.63) is 34.9 Å². The first-order chi connectivity index (χ1) is 6.09. The highest BCUT2D eigenvalue weighted by Gasteiger charge is 2.37. The molecule has 2 N–H and O–H groups in total. The molecule has 1 aromatic carbocycles. The van der Waals surface area contributed by atoms with E-state index in [1.165, 1.54) is 29.5 Å². The minimum atomic E-state index is 0.141. The first-order valence-electron chi connectivity index (χ1n) is 4.94. The van der Waals surface area contributed by atoms with Gasteiger partial charge in [-0.3, -0.25) is 0 Å². The van der Waals surface area contributed by atoms with Gasteiger partial charge >= 0.3 is 0 Å². The van der Waals surface area contributed by atoms with Crippen LogP contribution in [0.5, 0.6) is 0 Å². The summed E-state index contributed by atoms with van der Waals surface area (Å²) in [6, 6.07) is 6.66. The smallest absolute Gasteiger partial charge is 0.0196 e. The zero-order valence-corrected chi connectivity index (χ0v) is 8.43. The predicted molar refractivity (Wildman–Crippen MR) is 55.8 cm³/mol. The Bertz CT molecular complexity index is 324. The Morgan fingerprint density at radius 3 is 2.46 bits per heavy atom. The summed E-state index contributed by atoms with van der Waals surface area (Å²) >= 11 is 0. The van der Waals surface area contributed by atoms with Crippen LogP contribution < -0.4 is 5.73 Å². The van der Waals surface area contributed by atoms with E-state index in [4.69, 9.17) is 5.73 Å². The molecule has 1 heteroatoms. The molecule has 1 aliphatic carbocycles. The molecule has 2 rings (SSSR count). The van der Waals surface area contributed by atoms with Crippen molar-refractivity contribution in [1.82, 2.24) is 0 Å². The number of benzene rings is 1. The summed E-state index contributed by atoms with van der Waals surface area (Å²) in [5.41, 5.74) is 10.3. The van der Waals surface area contributed by atoms with Crippen LogP contribution >= 0.6 is 0 Å². The second kappa shape index (κ2) is 2.85. The Morgan fingerprint density at radius 2 is 1.92 bits per heavy atom. The van der Waals surface area contributed by atoms with Crippen LogP contribution in [-0.4, -0.2) is 5.54 Å². The summed E-state index contributed by atoms with van der Waals surface area (Å²) < 4.78 is 0. The molecule has 1 fully saturated rings.